The quantitative estimate of drug-likeness (QED) is 0.335. The van der Waals surface area contributed by atoms with E-state index in [2.05, 4.69) is 18.8 Å². The van der Waals surface area contributed by atoms with Gasteiger partial charge in [0, 0.05) is 6.42 Å². The van der Waals surface area contributed by atoms with E-state index in [-0.39, 0.29) is 13.1 Å². The van der Waals surface area contributed by atoms with Crippen LogP contribution in [0.25, 0.3) is 0 Å². The summed E-state index contributed by atoms with van der Waals surface area (Å²) in [6.07, 6.45) is 11.4. The number of quaternary nitrogens is 2. The fraction of sp³-hybridized carbons (Fsp3) is 0.864. The summed E-state index contributed by atoms with van der Waals surface area (Å²) in [6, 6.07) is 0. The smallest absolute Gasteiger partial charge is 0.359 e. The third kappa shape index (κ3) is 13.4. The van der Waals surface area contributed by atoms with E-state index in [1.165, 1.54) is 44.9 Å². The second-order valence-corrected chi connectivity index (χ2v) is 9.10. The number of unbranched alkanes of at least 4 members (excludes halogenated alkanes) is 7. The van der Waals surface area contributed by atoms with E-state index in [1.54, 1.807) is 0 Å². The van der Waals surface area contributed by atoms with Gasteiger partial charge in [-0.2, -0.15) is 0 Å². The molecule has 0 saturated heterocycles. The van der Waals surface area contributed by atoms with Crippen LogP contribution in [-0.4, -0.2) is 90.8 Å². The number of amidine groups is 1. The molecule has 0 fully saturated rings. The van der Waals surface area contributed by atoms with Crippen LogP contribution in [0.1, 0.15) is 71.6 Å². The molecule has 0 aromatic rings. The number of likely N-dealkylation sites (N-methyl/N-ethyl adjacent to an activating group) is 2. The number of hydrogen-bond donors (Lipinski definition) is 2. The van der Waals surface area contributed by atoms with Crippen molar-refractivity contribution in [3.8, 4) is 0 Å². The lowest BCUT2D eigenvalue weighted by Gasteiger charge is -2.31. The number of aliphatic carboxylic acids is 2. The Kier molecular flexibility index (Phi) is 13.8. The Labute approximate surface area is 177 Å². The van der Waals surface area contributed by atoms with Crippen molar-refractivity contribution in [3.05, 3.63) is 0 Å². The van der Waals surface area contributed by atoms with Gasteiger partial charge < -0.3 is 14.7 Å². The summed E-state index contributed by atoms with van der Waals surface area (Å²) < 4.78 is 1.07. The summed E-state index contributed by atoms with van der Waals surface area (Å²) in [7, 11) is 5.52. The molecule has 1 aliphatic heterocycles. The van der Waals surface area contributed by atoms with Crippen LogP contribution in [0.5, 0.6) is 0 Å². The standard InChI is InChI=1S/C17H32N2O2.C5H11NO2/c1-3-5-6-7-8-9-10-11-12-16-18-13-14-19(16,4-2)15-17(20)21;1-6(2,3)4-5(7)8/h3-15H2,1-2H3;4H2,1-3H3/p+2. The molecule has 7 heteroatoms. The summed E-state index contributed by atoms with van der Waals surface area (Å²) in [5, 5.41) is 17.4. The summed E-state index contributed by atoms with van der Waals surface area (Å²) in [6.45, 7) is 7.23. The van der Waals surface area contributed by atoms with E-state index < -0.39 is 11.9 Å². The molecule has 0 aromatic carbocycles. The van der Waals surface area contributed by atoms with Gasteiger partial charge in [-0.1, -0.05) is 51.9 Å². The van der Waals surface area contributed by atoms with E-state index in [4.69, 9.17) is 10.2 Å². The highest BCUT2D eigenvalue weighted by atomic mass is 16.4. The SMILES string of the molecule is CCCCCCCCCCC1=NCC[N+]1(CC)CC(=O)O.C[N+](C)(C)CC(=O)O. The highest BCUT2D eigenvalue weighted by Gasteiger charge is 2.38. The van der Waals surface area contributed by atoms with Gasteiger partial charge in [-0.05, 0) is 13.3 Å². The minimum Gasteiger partial charge on any atom is -0.477 e. The molecule has 1 heterocycles. The Morgan fingerprint density at radius 2 is 1.48 bits per heavy atom. The predicted octanol–water partition coefficient (Wildman–Crippen LogP) is 3.63. The molecule has 1 atom stereocenters. The Bertz CT molecular complexity index is 515. The van der Waals surface area contributed by atoms with Crippen molar-refractivity contribution in [2.75, 3.05) is 53.9 Å². The largest absolute Gasteiger partial charge is 0.477 e. The third-order valence-electron chi connectivity index (χ3n) is 5.28. The maximum absolute atomic E-state index is 11.1. The molecule has 0 saturated carbocycles. The lowest BCUT2D eigenvalue weighted by atomic mass is 10.1. The molecule has 0 radical (unpaired) electrons. The van der Waals surface area contributed by atoms with Crippen molar-refractivity contribution >= 4 is 17.8 Å². The van der Waals surface area contributed by atoms with E-state index >= 15 is 0 Å². The van der Waals surface area contributed by atoms with Crippen LogP contribution >= 0.6 is 0 Å². The van der Waals surface area contributed by atoms with Crippen molar-refractivity contribution in [2.24, 2.45) is 4.99 Å². The first-order valence-electron chi connectivity index (χ1n) is 11.2. The average molecular weight is 416 g/mol. The Morgan fingerprint density at radius 3 is 1.90 bits per heavy atom. The Hall–Kier alpha value is -1.47. The van der Waals surface area contributed by atoms with Crippen molar-refractivity contribution < 1.29 is 28.8 Å². The minimum atomic E-state index is -0.752. The van der Waals surface area contributed by atoms with Gasteiger partial charge in [0.05, 0.1) is 34.2 Å². The molecular weight excluding hydrogens is 370 g/mol. The molecule has 0 aromatic heterocycles. The van der Waals surface area contributed by atoms with Crippen molar-refractivity contribution in [2.45, 2.75) is 71.6 Å². The van der Waals surface area contributed by atoms with Crippen LogP contribution in [0.4, 0.5) is 0 Å². The maximum atomic E-state index is 11.1. The van der Waals surface area contributed by atoms with Crippen molar-refractivity contribution in [1.82, 2.24) is 0 Å². The van der Waals surface area contributed by atoms with E-state index in [0.717, 1.165) is 38.3 Å². The molecular formula is C22H45N3O4+2. The van der Waals surface area contributed by atoms with E-state index in [9.17, 15) is 9.59 Å². The molecule has 7 nitrogen and oxygen atoms in total. The number of nitrogens with zero attached hydrogens (tertiary/aromatic N) is 3. The predicted molar refractivity (Wildman–Crippen MR) is 118 cm³/mol. The van der Waals surface area contributed by atoms with Gasteiger partial charge in [-0.15, -0.1) is 0 Å². The summed E-state index contributed by atoms with van der Waals surface area (Å²) in [4.78, 5) is 25.7. The zero-order valence-electron chi connectivity index (χ0n) is 19.5. The van der Waals surface area contributed by atoms with Gasteiger partial charge in [0.1, 0.15) is 6.54 Å². The van der Waals surface area contributed by atoms with Crippen LogP contribution in [0.2, 0.25) is 0 Å². The lowest BCUT2D eigenvalue weighted by molar-refractivity contribution is -0.862. The summed E-state index contributed by atoms with van der Waals surface area (Å²) in [5.74, 6) is -0.328. The average Bonchev–Trinajstić information content (AvgIpc) is 2.98. The van der Waals surface area contributed by atoms with Crippen LogP contribution < -0.4 is 0 Å². The zero-order valence-corrected chi connectivity index (χ0v) is 19.5. The van der Waals surface area contributed by atoms with Gasteiger partial charge in [0.25, 0.3) is 0 Å². The monoisotopic (exact) mass is 415 g/mol. The highest BCUT2D eigenvalue weighted by molar-refractivity contribution is 5.80. The van der Waals surface area contributed by atoms with Crippen LogP contribution in [-0.2, 0) is 9.59 Å². The fourth-order valence-electron chi connectivity index (χ4n) is 3.67. The Morgan fingerprint density at radius 1 is 0.931 bits per heavy atom. The molecule has 2 N–H and O–H groups in total. The minimum absolute atomic E-state index is 0.181. The van der Waals surface area contributed by atoms with Gasteiger partial charge >= 0.3 is 11.9 Å². The van der Waals surface area contributed by atoms with Gasteiger partial charge in [-0.3, -0.25) is 4.48 Å². The topological polar surface area (TPSA) is 87.0 Å². The maximum Gasteiger partial charge on any atom is 0.359 e. The van der Waals surface area contributed by atoms with E-state index in [0.29, 0.717) is 8.97 Å². The molecule has 0 aliphatic carbocycles. The van der Waals surface area contributed by atoms with Crippen LogP contribution in [0.15, 0.2) is 4.99 Å². The zero-order chi connectivity index (χ0) is 22.3. The molecule has 1 rings (SSSR count). The molecule has 1 unspecified atom stereocenters. The first-order chi connectivity index (χ1) is 13.6. The van der Waals surface area contributed by atoms with Gasteiger partial charge in [0.2, 0.25) is 0 Å². The number of rotatable bonds is 14. The molecule has 0 amide bonds. The number of carboxylic acid groups (broad SMARTS) is 2. The number of aliphatic imine (C=N–C) groups is 1. The number of hydrogen-bond acceptors (Lipinski definition) is 3. The van der Waals surface area contributed by atoms with Crippen LogP contribution in [0, 0.1) is 0 Å². The molecule has 170 valence electrons. The number of carboxylic acids is 2. The summed E-state index contributed by atoms with van der Waals surface area (Å²) >= 11 is 0. The third-order valence-corrected chi connectivity index (χ3v) is 5.28. The first-order valence-corrected chi connectivity index (χ1v) is 11.2. The van der Waals surface area contributed by atoms with Crippen molar-refractivity contribution in [1.29, 1.82) is 0 Å². The van der Waals surface area contributed by atoms with E-state index in [1.807, 2.05) is 21.1 Å². The second kappa shape index (κ2) is 14.5. The summed E-state index contributed by atoms with van der Waals surface area (Å²) in [5.41, 5.74) is 0. The normalized spacial score (nSPS) is 18.7. The molecule has 0 bridgehead atoms. The van der Waals surface area contributed by atoms with Crippen LogP contribution in [0.3, 0.4) is 0 Å². The highest BCUT2D eigenvalue weighted by Crippen LogP contribution is 2.20. The first kappa shape index (κ1) is 27.5. The van der Waals surface area contributed by atoms with Gasteiger partial charge in [-0.25, -0.2) is 14.6 Å². The molecule has 0 spiro atoms. The number of carbonyl (C=O) groups is 2. The fourth-order valence-corrected chi connectivity index (χ4v) is 3.67. The molecule has 29 heavy (non-hydrogen) atoms. The Balaban J connectivity index is 0.000000828. The lowest BCUT2D eigenvalue weighted by Crippen LogP contribution is -2.53. The molecule has 1 aliphatic rings. The van der Waals surface area contributed by atoms with Crippen molar-refractivity contribution in [3.63, 3.8) is 0 Å². The second-order valence-electron chi connectivity index (χ2n) is 9.10. The van der Waals surface area contributed by atoms with Gasteiger partial charge in [0.15, 0.2) is 18.9 Å².